The molecular formula is C17H27NO. The third-order valence-corrected chi connectivity index (χ3v) is 4.32. The van der Waals surface area contributed by atoms with Crippen molar-refractivity contribution in [3.05, 3.63) is 29.3 Å². The zero-order valence-electron chi connectivity index (χ0n) is 12.7. The van der Waals surface area contributed by atoms with Crippen LogP contribution in [0.3, 0.4) is 0 Å². The highest BCUT2D eigenvalue weighted by Crippen LogP contribution is 2.33. The van der Waals surface area contributed by atoms with Crippen LogP contribution in [0.1, 0.15) is 57.2 Å². The molecule has 2 atom stereocenters. The Labute approximate surface area is 117 Å². The molecule has 0 aromatic heterocycles. The van der Waals surface area contributed by atoms with Crippen LogP contribution in [-0.2, 0) is 6.42 Å². The molecule has 0 fully saturated rings. The Morgan fingerprint density at radius 1 is 1.37 bits per heavy atom. The summed E-state index contributed by atoms with van der Waals surface area (Å²) in [5.41, 5.74) is 2.94. The van der Waals surface area contributed by atoms with Gasteiger partial charge in [0.2, 0.25) is 0 Å². The number of nitrogens with one attached hydrogen (secondary N) is 1. The molecule has 0 amide bonds. The van der Waals surface area contributed by atoms with Crippen molar-refractivity contribution in [2.24, 2.45) is 5.92 Å². The van der Waals surface area contributed by atoms with Gasteiger partial charge in [0.05, 0.1) is 7.11 Å². The van der Waals surface area contributed by atoms with Crippen LogP contribution < -0.4 is 10.1 Å². The van der Waals surface area contributed by atoms with E-state index in [4.69, 9.17) is 4.74 Å². The highest BCUT2D eigenvalue weighted by atomic mass is 16.5. The largest absolute Gasteiger partial charge is 0.497 e. The minimum Gasteiger partial charge on any atom is -0.497 e. The predicted octanol–water partition coefficient (Wildman–Crippen LogP) is 4.10. The van der Waals surface area contributed by atoms with E-state index in [9.17, 15) is 0 Å². The molecule has 106 valence electrons. The van der Waals surface area contributed by atoms with E-state index in [0.717, 1.165) is 5.75 Å². The second-order valence-corrected chi connectivity index (χ2v) is 5.93. The first-order chi connectivity index (χ1) is 9.15. The zero-order chi connectivity index (χ0) is 13.8. The highest BCUT2D eigenvalue weighted by Gasteiger charge is 2.23. The van der Waals surface area contributed by atoms with E-state index in [1.54, 1.807) is 7.11 Å². The molecule has 0 aliphatic heterocycles. The van der Waals surface area contributed by atoms with Gasteiger partial charge in [0.15, 0.2) is 0 Å². The number of fused-ring (bicyclic) bond motifs is 1. The Balaban J connectivity index is 2.17. The number of ether oxygens (including phenoxy) is 1. The number of aryl methyl sites for hydroxylation is 1. The smallest absolute Gasteiger partial charge is 0.119 e. The number of benzene rings is 1. The average Bonchev–Trinajstić information content (AvgIpc) is 2.43. The van der Waals surface area contributed by atoms with Gasteiger partial charge in [-0.25, -0.2) is 0 Å². The maximum Gasteiger partial charge on any atom is 0.119 e. The Kier molecular flexibility index (Phi) is 4.87. The predicted molar refractivity (Wildman–Crippen MR) is 80.7 cm³/mol. The van der Waals surface area contributed by atoms with Gasteiger partial charge < -0.3 is 10.1 Å². The Morgan fingerprint density at radius 3 is 2.79 bits per heavy atom. The average molecular weight is 261 g/mol. The summed E-state index contributed by atoms with van der Waals surface area (Å²) in [6.45, 7) is 6.88. The summed E-state index contributed by atoms with van der Waals surface area (Å²) in [5.74, 6) is 1.67. The van der Waals surface area contributed by atoms with Crippen LogP contribution in [0, 0.1) is 5.92 Å². The van der Waals surface area contributed by atoms with E-state index in [1.165, 1.54) is 36.8 Å². The Hall–Kier alpha value is -1.02. The first kappa shape index (κ1) is 14.4. The lowest BCUT2D eigenvalue weighted by molar-refractivity contribution is 0.324. The first-order valence-corrected chi connectivity index (χ1v) is 7.58. The number of hydrogen-bond donors (Lipinski definition) is 1. The van der Waals surface area contributed by atoms with Gasteiger partial charge in [-0.1, -0.05) is 26.8 Å². The summed E-state index contributed by atoms with van der Waals surface area (Å²) in [7, 11) is 1.74. The second kappa shape index (κ2) is 6.42. The monoisotopic (exact) mass is 261 g/mol. The van der Waals surface area contributed by atoms with Gasteiger partial charge in [0, 0.05) is 12.1 Å². The molecule has 0 heterocycles. The minimum absolute atomic E-state index is 0.516. The molecule has 1 aliphatic rings. The lowest BCUT2D eigenvalue weighted by Crippen LogP contribution is -2.37. The lowest BCUT2D eigenvalue weighted by atomic mass is 9.86. The topological polar surface area (TPSA) is 21.3 Å². The minimum atomic E-state index is 0.516. The molecule has 2 unspecified atom stereocenters. The molecule has 0 radical (unpaired) electrons. The van der Waals surface area contributed by atoms with Crippen LogP contribution in [0.2, 0.25) is 0 Å². The SMILES string of the molecule is CCC(NC1CCCc2cc(OC)ccc21)C(C)C. The fourth-order valence-electron chi connectivity index (χ4n) is 3.13. The molecule has 1 aromatic carbocycles. The van der Waals surface area contributed by atoms with E-state index >= 15 is 0 Å². The van der Waals surface area contributed by atoms with Gasteiger partial charge >= 0.3 is 0 Å². The molecule has 0 spiro atoms. The molecule has 1 N–H and O–H groups in total. The summed E-state index contributed by atoms with van der Waals surface area (Å²) in [6.07, 6.45) is 4.90. The standard InChI is InChI=1S/C17H27NO/c1-5-16(12(2)3)18-17-8-6-7-13-11-14(19-4)9-10-15(13)17/h9-12,16-18H,5-8H2,1-4H3. The van der Waals surface area contributed by atoms with Crippen LogP contribution in [-0.4, -0.2) is 13.2 Å². The molecule has 0 saturated carbocycles. The fourth-order valence-corrected chi connectivity index (χ4v) is 3.13. The van der Waals surface area contributed by atoms with E-state index in [-0.39, 0.29) is 0 Å². The molecule has 2 nitrogen and oxygen atoms in total. The molecule has 1 aliphatic carbocycles. The maximum atomic E-state index is 5.34. The van der Waals surface area contributed by atoms with E-state index in [2.05, 4.69) is 44.3 Å². The molecule has 1 aromatic rings. The number of rotatable bonds is 5. The number of hydrogen-bond acceptors (Lipinski definition) is 2. The van der Waals surface area contributed by atoms with Crippen molar-refractivity contribution >= 4 is 0 Å². The van der Waals surface area contributed by atoms with Gasteiger partial charge in [-0.15, -0.1) is 0 Å². The van der Waals surface area contributed by atoms with Gasteiger partial charge in [-0.05, 0) is 54.9 Å². The van der Waals surface area contributed by atoms with Gasteiger partial charge in [0.25, 0.3) is 0 Å². The van der Waals surface area contributed by atoms with Crippen LogP contribution in [0.15, 0.2) is 18.2 Å². The zero-order valence-corrected chi connectivity index (χ0v) is 12.7. The quantitative estimate of drug-likeness (QED) is 0.861. The van der Waals surface area contributed by atoms with Crippen molar-refractivity contribution in [3.8, 4) is 5.75 Å². The van der Waals surface area contributed by atoms with Gasteiger partial charge in [-0.3, -0.25) is 0 Å². The van der Waals surface area contributed by atoms with Crippen LogP contribution in [0.5, 0.6) is 5.75 Å². The summed E-state index contributed by atoms with van der Waals surface area (Å²) < 4.78 is 5.34. The van der Waals surface area contributed by atoms with Gasteiger partial charge in [0.1, 0.15) is 5.75 Å². The van der Waals surface area contributed by atoms with E-state index in [1.807, 2.05) is 0 Å². The molecule has 0 bridgehead atoms. The molecule has 0 saturated heterocycles. The van der Waals surface area contributed by atoms with Crippen LogP contribution in [0.25, 0.3) is 0 Å². The van der Waals surface area contributed by atoms with E-state index in [0.29, 0.717) is 18.0 Å². The van der Waals surface area contributed by atoms with Crippen molar-refractivity contribution < 1.29 is 4.74 Å². The molecular weight excluding hydrogens is 234 g/mol. The second-order valence-electron chi connectivity index (χ2n) is 5.93. The van der Waals surface area contributed by atoms with Crippen molar-refractivity contribution in [2.75, 3.05) is 7.11 Å². The lowest BCUT2D eigenvalue weighted by Gasteiger charge is -2.32. The van der Waals surface area contributed by atoms with E-state index < -0.39 is 0 Å². The van der Waals surface area contributed by atoms with Crippen molar-refractivity contribution in [1.29, 1.82) is 0 Å². The van der Waals surface area contributed by atoms with Crippen LogP contribution in [0.4, 0.5) is 0 Å². The molecule has 2 rings (SSSR count). The van der Waals surface area contributed by atoms with Crippen molar-refractivity contribution in [3.63, 3.8) is 0 Å². The summed E-state index contributed by atoms with van der Waals surface area (Å²) in [5, 5.41) is 3.86. The summed E-state index contributed by atoms with van der Waals surface area (Å²) in [4.78, 5) is 0. The first-order valence-electron chi connectivity index (χ1n) is 7.58. The number of methoxy groups -OCH3 is 1. The highest BCUT2D eigenvalue weighted by molar-refractivity contribution is 5.39. The summed E-state index contributed by atoms with van der Waals surface area (Å²) >= 11 is 0. The maximum absolute atomic E-state index is 5.34. The van der Waals surface area contributed by atoms with Crippen LogP contribution >= 0.6 is 0 Å². The molecule has 19 heavy (non-hydrogen) atoms. The summed E-state index contributed by atoms with van der Waals surface area (Å²) in [6, 6.07) is 7.67. The van der Waals surface area contributed by atoms with Crippen molar-refractivity contribution in [1.82, 2.24) is 5.32 Å². The normalized spacial score (nSPS) is 20.2. The third kappa shape index (κ3) is 3.30. The Bertz CT molecular complexity index is 414. The molecule has 2 heteroatoms. The third-order valence-electron chi connectivity index (χ3n) is 4.32. The van der Waals surface area contributed by atoms with Crippen molar-refractivity contribution in [2.45, 2.75) is 58.5 Å². The Morgan fingerprint density at radius 2 is 2.16 bits per heavy atom. The van der Waals surface area contributed by atoms with Gasteiger partial charge in [-0.2, -0.15) is 0 Å². The fraction of sp³-hybridized carbons (Fsp3) is 0.647.